The van der Waals surface area contributed by atoms with Crippen LogP contribution in [0.5, 0.6) is 11.5 Å². The number of nitro groups is 1. The van der Waals surface area contributed by atoms with Crippen molar-refractivity contribution >= 4 is 21.4 Å². The topological polar surface area (TPSA) is 89.8 Å². The molecule has 8 heteroatoms. The first-order chi connectivity index (χ1) is 12.9. The van der Waals surface area contributed by atoms with Gasteiger partial charge in [0, 0.05) is 13.1 Å². The van der Waals surface area contributed by atoms with Gasteiger partial charge in [0.25, 0.3) is 10.0 Å². The van der Waals surface area contributed by atoms with Gasteiger partial charge in [0.1, 0.15) is 5.75 Å². The maximum atomic E-state index is 12.6. The second-order valence-electron chi connectivity index (χ2n) is 5.61. The van der Waals surface area contributed by atoms with Crippen LogP contribution in [0.4, 0.5) is 11.4 Å². The molecule has 0 atom stereocenters. The first kappa shape index (κ1) is 18.4. The van der Waals surface area contributed by atoms with Crippen molar-refractivity contribution in [2.24, 2.45) is 0 Å². The third kappa shape index (κ3) is 3.90. The van der Waals surface area contributed by atoms with Gasteiger partial charge < -0.3 is 4.74 Å². The molecule has 3 aromatic carbocycles. The van der Waals surface area contributed by atoms with Crippen LogP contribution in [0.1, 0.15) is 0 Å². The summed E-state index contributed by atoms with van der Waals surface area (Å²) in [5.74, 6) is 0.471. The summed E-state index contributed by atoms with van der Waals surface area (Å²) in [4.78, 5) is 10.7. The number of ether oxygens (including phenoxy) is 1. The predicted octanol–water partition coefficient (Wildman–Crippen LogP) is 4.21. The molecule has 3 rings (SSSR count). The lowest BCUT2D eigenvalue weighted by Gasteiger charge is -2.19. The lowest BCUT2D eigenvalue weighted by atomic mass is 10.3. The van der Waals surface area contributed by atoms with Gasteiger partial charge in [0.15, 0.2) is 0 Å². The van der Waals surface area contributed by atoms with Crippen LogP contribution >= 0.6 is 0 Å². The van der Waals surface area contributed by atoms with E-state index in [1.54, 1.807) is 54.6 Å². The number of sulfonamides is 1. The Morgan fingerprint density at radius 1 is 0.889 bits per heavy atom. The zero-order valence-corrected chi connectivity index (χ0v) is 15.2. The molecule has 138 valence electrons. The highest BCUT2D eigenvalue weighted by Gasteiger charge is 2.21. The second-order valence-corrected chi connectivity index (χ2v) is 7.58. The highest BCUT2D eigenvalue weighted by Crippen LogP contribution is 2.32. The Morgan fingerprint density at radius 2 is 1.48 bits per heavy atom. The van der Waals surface area contributed by atoms with E-state index in [1.807, 2.05) is 0 Å². The molecule has 0 aliphatic carbocycles. The van der Waals surface area contributed by atoms with Crippen LogP contribution in [-0.4, -0.2) is 20.4 Å². The number of anilines is 1. The van der Waals surface area contributed by atoms with E-state index in [1.165, 1.54) is 31.3 Å². The monoisotopic (exact) mass is 384 g/mol. The van der Waals surface area contributed by atoms with Gasteiger partial charge in [-0.15, -0.1) is 0 Å². The van der Waals surface area contributed by atoms with E-state index in [-0.39, 0.29) is 16.3 Å². The molecule has 0 bridgehead atoms. The molecule has 0 aliphatic heterocycles. The molecule has 0 aromatic heterocycles. The maximum Gasteiger partial charge on any atom is 0.311 e. The van der Waals surface area contributed by atoms with E-state index in [4.69, 9.17) is 4.74 Å². The molecule has 0 unspecified atom stereocenters. The normalized spacial score (nSPS) is 11.0. The van der Waals surface area contributed by atoms with E-state index >= 15 is 0 Å². The fourth-order valence-corrected chi connectivity index (χ4v) is 3.65. The number of hydrogen-bond donors (Lipinski definition) is 0. The van der Waals surface area contributed by atoms with Crippen molar-refractivity contribution < 1.29 is 18.1 Å². The Kier molecular flexibility index (Phi) is 5.09. The average molecular weight is 384 g/mol. The van der Waals surface area contributed by atoms with Crippen molar-refractivity contribution in [2.75, 3.05) is 11.4 Å². The van der Waals surface area contributed by atoms with Crippen molar-refractivity contribution in [1.29, 1.82) is 0 Å². The van der Waals surface area contributed by atoms with Crippen molar-refractivity contribution in [2.45, 2.75) is 4.90 Å². The van der Waals surface area contributed by atoms with Gasteiger partial charge in [0.05, 0.1) is 15.5 Å². The molecule has 0 heterocycles. The summed E-state index contributed by atoms with van der Waals surface area (Å²) in [6, 6.07) is 20.4. The van der Waals surface area contributed by atoms with Crippen LogP contribution in [0.3, 0.4) is 0 Å². The van der Waals surface area contributed by atoms with E-state index in [0.717, 1.165) is 4.31 Å². The number of benzene rings is 3. The van der Waals surface area contributed by atoms with Gasteiger partial charge in [-0.2, -0.15) is 0 Å². The first-order valence-electron chi connectivity index (χ1n) is 7.95. The Hall–Kier alpha value is -3.39. The third-order valence-electron chi connectivity index (χ3n) is 3.89. The van der Waals surface area contributed by atoms with E-state index < -0.39 is 14.9 Å². The number of nitro benzene ring substituents is 1. The number of nitrogens with zero attached hydrogens (tertiary/aromatic N) is 2. The minimum Gasteiger partial charge on any atom is -0.450 e. The van der Waals surface area contributed by atoms with Crippen LogP contribution in [0.15, 0.2) is 83.8 Å². The molecule has 0 saturated carbocycles. The lowest BCUT2D eigenvalue weighted by molar-refractivity contribution is -0.385. The summed E-state index contributed by atoms with van der Waals surface area (Å²) in [5.41, 5.74) is 0.291. The number of rotatable bonds is 6. The minimum absolute atomic E-state index is 0.112. The number of hydrogen-bond acceptors (Lipinski definition) is 5. The third-order valence-corrected chi connectivity index (χ3v) is 5.69. The summed E-state index contributed by atoms with van der Waals surface area (Å²) in [6.07, 6.45) is 0. The van der Waals surface area contributed by atoms with Crippen molar-refractivity contribution in [3.63, 3.8) is 0 Å². The quantitative estimate of drug-likeness (QED) is 0.469. The SMILES string of the molecule is CN(c1ccc(Oc2ccccc2[N+](=O)[O-])cc1)S(=O)(=O)c1ccccc1. The van der Waals surface area contributed by atoms with E-state index in [0.29, 0.717) is 11.4 Å². The van der Waals surface area contributed by atoms with Crippen LogP contribution in [0, 0.1) is 10.1 Å². The minimum atomic E-state index is -3.68. The Balaban J connectivity index is 1.83. The molecule has 0 amide bonds. The van der Waals surface area contributed by atoms with E-state index in [2.05, 4.69) is 0 Å². The van der Waals surface area contributed by atoms with Gasteiger partial charge >= 0.3 is 5.69 Å². The highest BCUT2D eigenvalue weighted by atomic mass is 32.2. The zero-order valence-electron chi connectivity index (χ0n) is 14.3. The van der Waals surface area contributed by atoms with Crippen molar-refractivity contribution in [3.8, 4) is 11.5 Å². The largest absolute Gasteiger partial charge is 0.450 e. The summed E-state index contributed by atoms with van der Waals surface area (Å²) in [5, 5.41) is 11.1. The van der Waals surface area contributed by atoms with Gasteiger partial charge in [-0.3, -0.25) is 14.4 Å². The molecule has 0 saturated heterocycles. The average Bonchev–Trinajstić information content (AvgIpc) is 2.69. The van der Waals surface area contributed by atoms with E-state index in [9.17, 15) is 18.5 Å². The maximum absolute atomic E-state index is 12.6. The molecule has 3 aromatic rings. The molecular formula is C19H16N2O5S. The first-order valence-corrected chi connectivity index (χ1v) is 9.39. The molecule has 0 spiro atoms. The fourth-order valence-electron chi connectivity index (χ4n) is 2.43. The molecular weight excluding hydrogens is 368 g/mol. The van der Waals surface area contributed by atoms with Gasteiger partial charge in [0.2, 0.25) is 5.75 Å². The summed E-state index contributed by atoms with van der Waals surface area (Å²) in [6.45, 7) is 0. The summed E-state index contributed by atoms with van der Waals surface area (Å²) < 4.78 is 32.0. The predicted molar refractivity (Wildman–Crippen MR) is 102 cm³/mol. The Bertz CT molecular complexity index is 1050. The molecule has 27 heavy (non-hydrogen) atoms. The number of para-hydroxylation sites is 2. The van der Waals surface area contributed by atoms with Crippen LogP contribution < -0.4 is 9.04 Å². The van der Waals surface area contributed by atoms with Crippen LogP contribution in [0.2, 0.25) is 0 Å². The van der Waals surface area contributed by atoms with Crippen molar-refractivity contribution in [3.05, 3.63) is 89.0 Å². The molecule has 0 N–H and O–H groups in total. The Morgan fingerprint density at radius 3 is 2.11 bits per heavy atom. The molecule has 0 radical (unpaired) electrons. The molecule has 0 fully saturated rings. The standard InChI is InChI=1S/C19H16N2O5S/c1-20(27(24,25)17-7-3-2-4-8-17)15-11-13-16(14-12-15)26-19-10-6-5-9-18(19)21(22)23/h2-14H,1H3. The summed E-state index contributed by atoms with van der Waals surface area (Å²) >= 11 is 0. The lowest BCUT2D eigenvalue weighted by Crippen LogP contribution is -2.26. The van der Waals surface area contributed by atoms with Gasteiger partial charge in [-0.1, -0.05) is 30.3 Å². The second kappa shape index (κ2) is 7.46. The van der Waals surface area contributed by atoms with Crippen LogP contribution in [0.25, 0.3) is 0 Å². The molecule has 7 nitrogen and oxygen atoms in total. The van der Waals surface area contributed by atoms with Gasteiger partial charge in [-0.25, -0.2) is 8.42 Å². The highest BCUT2D eigenvalue weighted by molar-refractivity contribution is 7.92. The smallest absolute Gasteiger partial charge is 0.311 e. The van der Waals surface area contributed by atoms with Crippen molar-refractivity contribution in [1.82, 2.24) is 0 Å². The van der Waals surface area contributed by atoms with Crippen LogP contribution in [-0.2, 0) is 10.0 Å². The zero-order chi connectivity index (χ0) is 19.4. The van der Waals surface area contributed by atoms with Gasteiger partial charge in [-0.05, 0) is 42.5 Å². The summed E-state index contributed by atoms with van der Waals surface area (Å²) in [7, 11) is -2.22. The fraction of sp³-hybridized carbons (Fsp3) is 0.0526. The Labute approximate surface area is 156 Å². The molecule has 0 aliphatic rings.